The van der Waals surface area contributed by atoms with Gasteiger partial charge in [0.2, 0.25) is 10.0 Å². The standard InChI is InChI=1S/C30H37N5O6S/c1-6-24(26-32-27-25(20(2)33-41-27)28(36)34(26)19-21-11-8-7-9-12-21)35(18-10-17-31-29(37)38)42(39,40)23-15-13-22(14-16-23)30(3,4)5/h7-9,11-16,24,31H,6,10,17-19H2,1-5H3,(H,37,38). The summed E-state index contributed by atoms with van der Waals surface area (Å²) in [6, 6.07) is 15.2. The average Bonchev–Trinajstić information content (AvgIpc) is 3.32. The minimum absolute atomic E-state index is 0.0170. The number of benzene rings is 2. The first-order chi connectivity index (χ1) is 19.8. The highest BCUT2D eigenvalue weighted by molar-refractivity contribution is 7.89. The molecule has 0 aliphatic rings. The minimum Gasteiger partial charge on any atom is -0.465 e. The van der Waals surface area contributed by atoms with Gasteiger partial charge >= 0.3 is 6.09 Å². The van der Waals surface area contributed by atoms with Gasteiger partial charge in [0.15, 0.2) is 0 Å². The van der Waals surface area contributed by atoms with Gasteiger partial charge in [0.25, 0.3) is 11.3 Å². The normalized spacial score (nSPS) is 13.0. The van der Waals surface area contributed by atoms with Crippen LogP contribution in [0, 0.1) is 6.92 Å². The number of rotatable bonds is 11. The van der Waals surface area contributed by atoms with Crippen molar-refractivity contribution in [1.29, 1.82) is 0 Å². The van der Waals surface area contributed by atoms with Crippen LogP contribution in [0.25, 0.3) is 11.1 Å². The molecular weight excluding hydrogens is 558 g/mol. The zero-order chi connectivity index (χ0) is 30.7. The fourth-order valence-electron chi connectivity index (χ4n) is 4.91. The van der Waals surface area contributed by atoms with E-state index in [0.717, 1.165) is 11.1 Å². The Hall–Kier alpha value is -4.03. The summed E-state index contributed by atoms with van der Waals surface area (Å²) in [6.07, 6.45) is -0.709. The molecule has 0 saturated carbocycles. The van der Waals surface area contributed by atoms with Crippen molar-refractivity contribution in [3.8, 4) is 0 Å². The first-order valence-corrected chi connectivity index (χ1v) is 15.3. The molecule has 0 spiro atoms. The molecule has 4 aromatic rings. The van der Waals surface area contributed by atoms with Crippen molar-refractivity contribution >= 4 is 27.2 Å². The summed E-state index contributed by atoms with van der Waals surface area (Å²) in [7, 11) is -4.12. The molecule has 2 N–H and O–H groups in total. The largest absolute Gasteiger partial charge is 0.465 e. The van der Waals surface area contributed by atoms with E-state index in [1.165, 1.54) is 8.87 Å². The van der Waals surface area contributed by atoms with E-state index in [2.05, 4.69) is 15.5 Å². The van der Waals surface area contributed by atoms with Gasteiger partial charge in [-0.2, -0.15) is 9.29 Å². The molecule has 11 nitrogen and oxygen atoms in total. The lowest BCUT2D eigenvalue weighted by Gasteiger charge is -2.31. The van der Waals surface area contributed by atoms with Gasteiger partial charge in [-0.15, -0.1) is 0 Å². The molecule has 0 aliphatic carbocycles. The van der Waals surface area contributed by atoms with E-state index in [-0.39, 0.29) is 65.3 Å². The van der Waals surface area contributed by atoms with Gasteiger partial charge in [0, 0.05) is 13.1 Å². The van der Waals surface area contributed by atoms with Gasteiger partial charge in [-0.3, -0.25) is 9.36 Å². The van der Waals surface area contributed by atoms with Gasteiger partial charge in [0.05, 0.1) is 23.2 Å². The van der Waals surface area contributed by atoms with Crippen molar-refractivity contribution in [1.82, 2.24) is 24.3 Å². The first-order valence-electron chi connectivity index (χ1n) is 13.8. The number of aryl methyl sites for hydroxylation is 1. The summed E-state index contributed by atoms with van der Waals surface area (Å²) < 4.78 is 36.7. The molecule has 0 aliphatic heterocycles. The van der Waals surface area contributed by atoms with Crippen LogP contribution in [0.5, 0.6) is 0 Å². The van der Waals surface area contributed by atoms with Crippen LogP contribution in [0.15, 0.2) is 68.8 Å². The van der Waals surface area contributed by atoms with E-state index in [1.807, 2.05) is 58.0 Å². The Bertz CT molecular complexity index is 1710. The van der Waals surface area contributed by atoms with Crippen molar-refractivity contribution in [2.75, 3.05) is 13.1 Å². The molecule has 0 bridgehead atoms. The molecule has 1 unspecified atom stereocenters. The molecule has 0 fully saturated rings. The highest BCUT2D eigenvalue weighted by Gasteiger charge is 2.35. The van der Waals surface area contributed by atoms with E-state index in [9.17, 15) is 18.0 Å². The zero-order valence-electron chi connectivity index (χ0n) is 24.5. The Labute approximate surface area is 245 Å². The van der Waals surface area contributed by atoms with Gasteiger partial charge in [-0.1, -0.05) is 75.3 Å². The lowest BCUT2D eigenvalue weighted by atomic mass is 9.87. The van der Waals surface area contributed by atoms with Crippen LogP contribution in [-0.2, 0) is 22.0 Å². The summed E-state index contributed by atoms with van der Waals surface area (Å²) in [5.74, 6) is 0.219. The predicted molar refractivity (Wildman–Crippen MR) is 159 cm³/mol. The van der Waals surface area contributed by atoms with Crippen LogP contribution in [-0.4, -0.2) is 51.7 Å². The van der Waals surface area contributed by atoms with E-state index in [4.69, 9.17) is 9.63 Å². The Morgan fingerprint density at radius 2 is 1.79 bits per heavy atom. The number of amides is 1. The summed E-state index contributed by atoms with van der Waals surface area (Å²) >= 11 is 0. The molecule has 2 heterocycles. The molecule has 1 atom stereocenters. The molecule has 2 aromatic carbocycles. The van der Waals surface area contributed by atoms with Crippen molar-refractivity contribution in [2.45, 2.75) is 70.4 Å². The van der Waals surface area contributed by atoms with E-state index < -0.39 is 22.2 Å². The lowest BCUT2D eigenvalue weighted by molar-refractivity contribution is 0.193. The third-order valence-corrected chi connectivity index (χ3v) is 9.09. The maximum absolute atomic E-state index is 14.3. The number of nitrogens with one attached hydrogen (secondary N) is 1. The average molecular weight is 596 g/mol. The van der Waals surface area contributed by atoms with Crippen LogP contribution in [0.2, 0.25) is 0 Å². The van der Waals surface area contributed by atoms with Crippen molar-refractivity contribution in [3.05, 3.63) is 87.6 Å². The summed E-state index contributed by atoms with van der Waals surface area (Å²) in [4.78, 5) is 29.7. The highest BCUT2D eigenvalue weighted by Crippen LogP contribution is 2.32. The molecular formula is C30H37N5O6S. The first kappa shape index (κ1) is 30.9. The maximum atomic E-state index is 14.3. The Balaban J connectivity index is 1.87. The molecule has 2 aromatic heterocycles. The number of carboxylic acid groups (broad SMARTS) is 1. The number of nitrogens with zero attached hydrogens (tertiary/aromatic N) is 4. The second-order valence-electron chi connectivity index (χ2n) is 11.2. The zero-order valence-corrected chi connectivity index (χ0v) is 25.3. The number of hydrogen-bond acceptors (Lipinski definition) is 7. The Kier molecular flexibility index (Phi) is 9.17. The number of hydrogen-bond donors (Lipinski definition) is 2. The molecule has 224 valence electrons. The summed E-state index contributed by atoms with van der Waals surface area (Å²) in [6.45, 7) is 9.81. The van der Waals surface area contributed by atoms with E-state index in [0.29, 0.717) is 5.69 Å². The fraction of sp³-hybridized carbons (Fsp3) is 0.400. The number of fused-ring (bicyclic) bond motifs is 1. The van der Waals surface area contributed by atoms with Crippen LogP contribution in [0.1, 0.15) is 69.2 Å². The lowest BCUT2D eigenvalue weighted by Crippen LogP contribution is -2.40. The van der Waals surface area contributed by atoms with Gasteiger partial charge in [0.1, 0.15) is 11.2 Å². The molecule has 1 amide bonds. The number of carbonyl (C=O) groups is 1. The van der Waals surface area contributed by atoms with Gasteiger partial charge in [-0.25, -0.2) is 13.2 Å². The molecule has 12 heteroatoms. The molecule has 4 rings (SSSR count). The second-order valence-corrected chi connectivity index (χ2v) is 13.1. The van der Waals surface area contributed by atoms with Crippen LogP contribution in [0.3, 0.4) is 0 Å². The van der Waals surface area contributed by atoms with Crippen LogP contribution < -0.4 is 10.9 Å². The van der Waals surface area contributed by atoms with Gasteiger partial charge < -0.3 is 14.9 Å². The van der Waals surface area contributed by atoms with Crippen molar-refractivity contribution < 1.29 is 22.8 Å². The van der Waals surface area contributed by atoms with Crippen molar-refractivity contribution in [3.63, 3.8) is 0 Å². The van der Waals surface area contributed by atoms with E-state index in [1.54, 1.807) is 31.2 Å². The number of sulfonamides is 1. The second kappa shape index (κ2) is 12.5. The third-order valence-electron chi connectivity index (χ3n) is 7.17. The van der Waals surface area contributed by atoms with Crippen LogP contribution >= 0.6 is 0 Å². The van der Waals surface area contributed by atoms with Crippen molar-refractivity contribution in [2.24, 2.45) is 0 Å². The minimum atomic E-state index is -4.12. The maximum Gasteiger partial charge on any atom is 0.404 e. The molecule has 0 radical (unpaired) electrons. The third kappa shape index (κ3) is 6.55. The predicted octanol–water partition coefficient (Wildman–Crippen LogP) is 4.84. The van der Waals surface area contributed by atoms with E-state index >= 15 is 0 Å². The smallest absolute Gasteiger partial charge is 0.404 e. The SMILES string of the molecule is CCC(c1nc2onc(C)c2c(=O)n1Cc1ccccc1)N(CCCNC(=O)O)S(=O)(=O)c1ccc(C(C)(C)C)cc1. The fourth-order valence-corrected chi connectivity index (χ4v) is 6.61. The monoisotopic (exact) mass is 595 g/mol. The summed E-state index contributed by atoms with van der Waals surface area (Å²) in [5, 5.41) is 15.5. The van der Waals surface area contributed by atoms with Crippen LogP contribution in [0.4, 0.5) is 4.79 Å². The topological polar surface area (TPSA) is 148 Å². The van der Waals surface area contributed by atoms with Gasteiger partial charge in [-0.05, 0) is 48.4 Å². The molecule has 0 saturated heterocycles. The number of aromatic nitrogens is 3. The quantitative estimate of drug-likeness (QED) is 0.234. The Morgan fingerprint density at radius 1 is 1.12 bits per heavy atom. The Morgan fingerprint density at radius 3 is 2.38 bits per heavy atom. The molecule has 42 heavy (non-hydrogen) atoms. The summed E-state index contributed by atoms with van der Waals surface area (Å²) in [5.41, 5.74) is 1.70. The highest BCUT2D eigenvalue weighted by atomic mass is 32.2.